The molecule has 120 valence electrons. The van der Waals surface area contributed by atoms with Crippen LogP contribution >= 0.6 is 11.8 Å². The van der Waals surface area contributed by atoms with Gasteiger partial charge in [-0.3, -0.25) is 9.59 Å². The topological polar surface area (TPSA) is 46.6 Å². The number of methoxy groups -OCH3 is 1. The van der Waals surface area contributed by atoms with Gasteiger partial charge in [0, 0.05) is 25.1 Å². The Morgan fingerprint density at radius 1 is 1.41 bits per heavy atom. The minimum atomic E-state index is -4.50. The van der Waals surface area contributed by atoms with Gasteiger partial charge < -0.3 is 9.64 Å². The van der Waals surface area contributed by atoms with Crippen molar-refractivity contribution in [1.82, 2.24) is 0 Å². The van der Waals surface area contributed by atoms with Crippen molar-refractivity contribution >= 4 is 28.5 Å². The molecule has 1 unspecified atom stereocenters. The molecular weight excluding hydrogens is 319 g/mol. The summed E-state index contributed by atoms with van der Waals surface area (Å²) < 4.78 is 43.6. The molecule has 4 nitrogen and oxygen atoms in total. The second kappa shape index (κ2) is 6.20. The van der Waals surface area contributed by atoms with Crippen molar-refractivity contribution in [2.75, 3.05) is 18.6 Å². The highest BCUT2D eigenvalue weighted by Crippen LogP contribution is 2.39. The number of benzene rings is 1. The van der Waals surface area contributed by atoms with Gasteiger partial charge in [-0.1, -0.05) is 11.8 Å². The standard InChI is InChI=1S/C14H14F3NO3S/c1-8(19)22-10-6-13(20)18(7-10)11-5-9(14(15,16)17)3-4-12(11)21-2/h3-5,10H,6-7H2,1-2H3. The highest BCUT2D eigenvalue weighted by Gasteiger charge is 2.36. The summed E-state index contributed by atoms with van der Waals surface area (Å²) in [5.74, 6) is -0.133. The minimum absolute atomic E-state index is 0.0778. The van der Waals surface area contributed by atoms with Crippen LogP contribution < -0.4 is 9.64 Å². The van der Waals surface area contributed by atoms with E-state index >= 15 is 0 Å². The monoisotopic (exact) mass is 333 g/mol. The molecule has 0 spiro atoms. The van der Waals surface area contributed by atoms with Gasteiger partial charge in [0.2, 0.25) is 5.91 Å². The summed E-state index contributed by atoms with van der Waals surface area (Å²) >= 11 is 1.02. The Morgan fingerprint density at radius 2 is 2.09 bits per heavy atom. The van der Waals surface area contributed by atoms with Gasteiger partial charge in [-0.15, -0.1) is 0 Å². The fraction of sp³-hybridized carbons (Fsp3) is 0.429. The second-order valence-electron chi connectivity index (χ2n) is 4.82. The Hall–Kier alpha value is -1.70. The van der Waals surface area contributed by atoms with E-state index in [1.807, 2.05) is 0 Å². The normalized spacial score (nSPS) is 18.7. The van der Waals surface area contributed by atoms with Crippen molar-refractivity contribution in [2.24, 2.45) is 0 Å². The average Bonchev–Trinajstić information content (AvgIpc) is 2.76. The summed E-state index contributed by atoms with van der Waals surface area (Å²) in [5, 5.41) is -0.389. The number of hydrogen-bond acceptors (Lipinski definition) is 4. The predicted molar refractivity (Wildman–Crippen MR) is 77.0 cm³/mol. The maximum absolute atomic E-state index is 12.8. The first-order valence-corrected chi connectivity index (χ1v) is 7.33. The minimum Gasteiger partial charge on any atom is -0.495 e. The molecule has 0 aliphatic carbocycles. The lowest BCUT2D eigenvalue weighted by Crippen LogP contribution is -2.26. The molecule has 0 radical (unpaired) electrons. The first-order valence-electron chi connectivity index (χ1n) is 6.45. The molecule has 1 aromatic rings. The van der Waals surface area contributed by atoms with Crippen LogP contribution in [0.2, 0.25) is 0 Å². The molecule has 1 atom stereocenters. The van der Waals surface area contributed by atoms with E-state index < -0.39 is 11.7 Å². The smallest absolute Gasteiger partial charge is 0.416 e. The number of hydrogen-bond donors (Lipinski definition) is 0. The summed E-state index contributed by atoms with van der Waals surface area (Å²) in [6.07, 6.45) is -4.39. The highest BCUT2D eigenvalue weighted by atomic mass is 32.2. The van der Waals surface area contributed by atoms with Gasteiger partial charge in [-0.05, 0) is 18.2 Å². The SMILES string of the molecule is COc1ccc(C(F)(F)F)cc1N1CC(SC(C)=O)CC1=O. The lowest BCUT2D eigenvalue weighted by molar-refractivity contribution is -0.137. The molecule has 0 bridgehead atoms. The van der Waals surface area contributed by atoms with Crippen LogP contribution in [0.15, 0.2) is 18.2 Å². The molecule has 0 N–H and O–H groups in total. The zero-order valence-electron chi connectivity index (χ0n) is 11.9. The lowest BCUT2D eigenvalue weighted by atomic mass is 10.1. The van der Waals surface area contributed by atoms with Crippen LogP contribution in [0.25, 0.3) is 0 Å². The number of nitrogens with zero attached hydrogens (tertiary/aromatic N) is 1. The second-order valence-corrected chi connectivity index (χ2v) is 6.30. The van der Waals surface area contributed by atoms with Crippen LogP contribution in [0.1, 0.15) is 18.9 Å². The van der Waals surface area contributed by atoms with Gasteiger partial charge in [0.15, 0.2) is 5.12 Å². The lowest BCUT2D eigenvalue weighted by Gasteiger charge is -2.21. The van der Waals surface area contributed by atoms with Crippen molar-refractivity contribution in [3.8, 4) is 5.75 Å². The first-order chi connectivity index (χ1) is 10.2. The number of thioether (sulfide) groups is 1. The fourth-order valence-electron chi connectivity index (χ4n) is 2.30. The fourth-order valence-corrected chi connectivity index (χ4v) is 3.22. The number of halogens is 3. The van der Waals surface area contributed by atoms with E-state index in [9.17, 15) is 22.8 Å². The molecule has 1 aliphatic heterocycles. The van der Waals surface area contributed by atoms with Crippen molar-refractivity contribution in [1.29, 1.82) is 0 Å². The molecule has 1 fully saturated rings. The largest absolute Gasteiger partial charge is 0.495 e. The molecule has 0 aromatic heterocycles. The van der Waals surface area contributed by atoms with Crippen LogP contribution in [0.5, 0.6) is 5.75 Å². The van der Waals surface area contributed by atoms with Crippen molar-refractivity contribution in [3.63, 3.8) is 0 Å². The van der Waals surface area contributed by atoms with Crippen molar-refractivity contribution < 1.29 is 27.5 Å². The van der Waals surface area contributed by atoms with Crippen LogP contribution in [-0.2, 0) is 15.8 Å². The van der Waals surface area contributed by atoms with Crippen molar-refractivity contribution in [2.45, 2.75) is 24.8 Å². The molecular formula is C14H14F3NO3S. The zero-order chi connectivity index (χ0) is 16.5. The van der Waals surface area contributed by atoms with E-state index in [2.05, 4.69) is 0 Å². The summed E-state index contributed by atoms with van der Waals surface area (Å²) in [6, 6.07) is 3.00. The van der Waals surface area contributed by atoms with Gasteiger partial charge in [-0.2, -0.15) is 13.2 Å². The predicted octanol–water partition coefficient (Wildman–Crippen LogP) is 3.10. The summed E-state index contributed by atoms with van der Waals surface area (Å²) in [7, 11) is 1.33. The Labute approximate surface area is 129 Å². The summed E-state index contributed by atoms with van der Waals surface area (Å²) in [4.78, 5) is 24.4. The Morgan fingerprint density at radius 3 is 2.64 bits per heavy atom. The highest BCUT2D eigenvalue weighted by molar-refractivity contribution is 8.14. The van der Waals surface area contributed by atoms with Gasteiger partial charge in [-0.25, -0.2) is 0 Å². The maximum Gasteiger partial charge on any atom is 0.416 e. The molecule has 1 heterocycles. The van der Waals surface area contributed by atoms with Crippen LogP contribution in [0.4, 0.5) is 18.9 Å². The number of amides is 1. The molecule has 1 amide bonds. The van der Waals surface area contributed by atoms with Crippen LogP contribution in [0.3, 0.4) is 0 Å². The van der Waals surface area contributed by atoms with E-state index in [1.165, 1.54) is 25.0 Å². The number of ether oxygens (including phenoxy) is 1. The molecule has 1 aliphatic rings. The van der Waals surface area contributed by atoms with Gasteiger partial charge in [0.25, 0.3) is 0 Å². The van der Waals surface area contributed by atoms with Gasteiger partial charge in [0.05, 0.1) is 18.4 Å². The number of anilines is 1. The van der Waals surface area contributed by atoms with E-state index in [4.69, 9.17) is 4.74 Å². The number of carbonyl (C=O) groups excluding carboxylic acids is 2. The Bertz CT molecular complexity index is 603. The maximum atomic E-state index is 12.8. The average molecular weight is 333 g/mol. The molecule has 2 rings (SSSR count). The first kappa shape index (κ1) is 16.7. The van der Waals surface area contributed by atoms with E-state index in [-0.39, 0.29) is 40.7 Å². The third kappa shape index (κ3) is 3.55. The number of carbonyl (C=O) groups is 2. The molecule has 1 saturated heterocycles. The number of alkyl halides is 3. The summed E-state index contributed by atoms with van der Waals surface area (Å²) in [5.41, 5.74) is -0.771. The van der Waals surface area contributed by atoms with Crippen LogP contribution in [0, 0.1) is 0 Å². The van der Waals surface area contributed by atoms with Gasteiger partial charge >= 0.3 is 6.18 Å². The molecule has 1 aromatic carbocycles. The molecule has 0 saturated carbocycles. The summed E-state index contributed by atoms with van der Waals surface area (Å²) in [6.45, 7) is 1.57. The third-order valence-electron chi connectivity index (χ3n) is 3.22. The van der Waals surface area contributed by atoms with E-state index in [0.717, 1.165) is 23.9 Å². The Kier molecular flexibility index (Phi) is 4.69. The molecule has 8 heteroatoms. The third-order valence-corrected chi connectivity index (χ3v) is 4.20. The van der Waals surface area contributed by atoms with Gasteiger partial charge in [0.1, 0.15) is 5.75 Å². The number of rotatable bonds is 3. The van der Waals surface area contributed by atoms with Crippen molar-refractivity contribution in [3.05, 3.63) is 23.8 Å². The van der Waals surface area contributed by atoms with Crippen LogP contribution in [-0.4, -0.2) is 29.9 Å². The van der Waals surface area contributed by atoms with E-state index in [0.29, 0.717) is 0 Å². The zero-order valence-corrected chi connectivity index (χ0v) is 12.8. The Balaban J connectivity index is 2.34. The quantitative estimate of drug-likeness (QED) is 0.853. The molecule has 22 heavy (non-hydrogen) atoms. The van der Waals surface area contributed by atoms with E-state index in [1.54, 1.807) is 0 Å².